The predicted molar refractivity (Wildman–Crippen MR) is 93.8 cm³/mol. The van der Waals surface area contributed by atoms with Crippen LogP contribution in [0.4, 0.5) is 17.5 Å². The van der Waals surface area contributed by atoms with E-state index in [1.54, 1.807) is 12.1 Å². The molecule has 1 fully saturated rings. The third-order valence-electron chi connectivity index (χ3n) is 3.43. The van der Waals surface area contributed by atoms with Crippen molar-refractivity contribution in [1.82, 2.24) is 9.97 Å². The number of ether oxygens (including phenoxy) is 1. The van der Waals surface area contributed by atoms with E-state index in [1.165, 1.54) is 18.3 Å². The molecule has 1 unspecified atom stereocenters. The zero-order valence-electron chi connectivity index (χ0n) is 12.8. The Bertz CT molecular complexity index is 904. The lowest BCUT2D eigenvalue weighted by Gasteiger charge is -2.12. The van der Waals surface area contributed by atoms with Gasteiger partial charge in [-0.05, 0) is 40.2 Å². The number of benzene rings is 1. The zero-order valence-corrected chi connectivity index (χ0v) is 15.2. The number of rotatable bonds is 5. The summed E-state index contributed by atoms with van der Waals surface area (Å²) < 4.78 is 28.0. The van der Waals surface area contributed by atoms with Gasteiger partial charge in [-0.3, -0.25) is 0 Å². The van der Waals surface area contributed by atoms with E-state index in [4.69, 9.17) is 9.88 Å². The van der Waals surface area contributed by atoms with Gasteiger partial charge in [-0.2, -0.15) is 4.98 Å². The molecule has 25 heavy (non-hydrogen) atoms. The van der Waals surface area contributed by atoms with Crippen LogP contribution in [-0.4, -0.2) is 37.0 Å². The van der Waals surface area contributed by atoms with Gasteiger partial charge in [0.25, 0.3) is 0 Å². The van der Waals surface area contributed by atoms with Crippen LogP contribution in [0.25, 0.3) is 0 Å². The summed E-state index contributed by atoms with van der Waals surface area (Å²) in [6.07, 6.45) is 2.10. The fourth-order valence-electron chi connectivity index (χ4n) is 2.18. The minimum Gasteiger partial charge on any atom is -0.464 e. The molecule has 4 N–H and O–H groups in total. The molecule has 0 aliphatic carbocycles. The van der Waals surface area contributed by atoms with E-state index < -0.39 is 16.1 Å². The highest BCUT2D eigenvalue weighted by Crippen LogP contribution is 2.24. The molecule has 1 saturated heterocycles. The molecule has 11 heteroatoms. The molecule has 1 aliphatic rings. The van der Waals surface area contributed by atoms with Crippen LogP contribution in [0.3, 0.4) is 0 Å². The highest BCUT2D eigenvalue weighted by atomic mass is 79.9. The number of sulfonamides is 1. The van der Waals surface area contributed by atoms with Crippen molar-refractivity contribution in [2.24, 2.45) is 5.14 Å². The summed E-state index contributed by atoms with van der Waals surface area (Å²) in [5.41, 5.74) is 0.584. The predicted octanol–water partition coefficient (Wildman–Crippen LogP) is 1.36. The van der Waals surface area contributed by atoms with Crippen molar-refractivity contribution in [3.63, 3.8) is 0 Å². The lowest BCUT2D eigenvalue weighted by atomic mass is 10.2. The van der Waals surface area contributed by atoms with Crippen LogP contribution in [0, 0.1) is 0 Å². The van der Waals surface area contributed by atoms with Crippen molar-refractivity contribution >= 4 is 49.4 Å². The smallest absolute Gasteiger partial charge is 0.328 e. The molecule has 2 heterocycles. The van der Waals surface area contributed by atoms with Crippen molar-refractivity contribution in [3.8, 4) is 0 Å². The molecule has 1 atom stereocenters. The highest BCUT2D eigenvalue weighted by molar-refractivity contribution is 9.10. The van der Waals surface area contributed by atoms with Crippen LogP contribution < -0.4 is 15.8 Å². The first-order chi connectivity index (χ1) is 11.8. The number of anilines is 3. The number of aromatic nitrogens is 2. The first-order valence-corrected chi connectivity index (χ1v) is 9.52. The molecule has 1 aromatic heterocycles. The second-order valence-electron chi connectivity index (χ2n) is 5.24. The van der Waals surface area contributed by atoms with Crippen LogP contribution in [0.2, 0.25) is 0 Å². The van der Waals surface area contributed by atoms with Crippen molar-refractivity contribution in [2.75, 3.05) is 17.2 Å². The average Bonchev–Trinajstić information content (AvgIpc) is 2.95. The monoisotopic (exact) mass is 427 g/mol. The minimum absolute atomic E-state index is 0.0110. The second kappa shape index (κ2) is 6.94. The van der Waals surface area contributed by atoms with E-state index in [0.29, 0.717) is 29.0 Å². The van der Waals surface area contributed by atoms with Gasteiger partial charge in [-0.15, -0.1) is 0 Å². The Kier molecular flexibility index (Phi) is 4.88. The lowest BCUT2D eigenvalue weighted by Crippen LogP contribution is -2.25. The molecule has 1 aliphatic heterocycles. The number of carbonyl (C=O) groups is 1. The van der Waals surface area contributed by atoms with Crippen molar-refractivity contribution in [1.29, 1.82) is 0 Å². The number of cyclic esters (lactones) is 1. The second-order valence-corrected chi connectivity index (χ2v) is 7.65. The van der Waals surface area contributed by atoms with Crippen LogP contribution in [0.5, 0.6) is 0 Å². The van der Waals surface area contributed by atoms with Gasteiger partial charge in [0.05, 0.1) is 16.0 Å². The Hall–Kier alpha value is -2.24. The van der Waals surface area contributed by atoms with Crippen molar-refractivity contribution in [2.45, 2.75) is 17.4 Å². The van der Waals surface area contributed by atoms with Crippen molar-refractivity contribution < 1.29 is 17.9 Å². The maximum atomic E-state index is 11.6. The van der Waals surface area contributed by atoms with Crippen LogP contribution in [0.15, 0.2) is 39.8 Å². The molecule has 9 nitrogen and oxygen atoms in total. The van der Waals surface area contributed by atoms with E-state index in [0.717, 1.165) is 0 Å². The van der Waals surface area contributed by atoms with E-state index in [1.807, 2.05) is 0 Å². The summed E-state index contributed by atoms with van der Waals surface area (Å²) in [7, 11) is -3.74. The Morgan fingerprint density at radius 2 is 2.00 bits per heavy atom. The molecule has 1 aromatic carbocycles. The molecule has 0 amide bonds. The van der Waals surface area contributed by atoms with Gasteiger partial charge in [-0.1, -0.05) is 0 Å². The number of esters is 1. The standard InChI is InChI=1S/C14H14BrN5O4S/c15-10-7-17-14(20-12(10)19-11-5-6-24-13(11)21)18-8-1-3-9(4-2-8)25(16,22)23/h1-4,7,11H,5-6H2,(H2,16,22,23)(H2,17,18,19,20). The third kappa shape index (κ3) is 4.24. The summed E-state index contributed by atoms with van der Waals surface area (Å²) in [4.78, 5) is 20.0. The van der Waals surface area contributed by atoms with Crippen molar-refractivity contribution in [3.05, 3.63) is 34.9 Å². The average molecular weight is 428 g/mol. The fourth-order valence-corrected chi connectivity index (χ4v) is 3.00. The Morgan fingerprint density at radius 1 is 1.28 bits per heavy atom. The molecule has 0 bridgehead atoms. The minimum atomic E-state index is -3.74. The van der Waals surface area contributed by atoms with E-state index in [2.05, 4.69) is 36.5 Å². The molecule has 132 valence electrons. The number of nitrogens with zero attached hydrogens (tertiary/aromatic N) is 2. The summed E-state index contributed by atoms with van der Waals surface area (Å²) in [6, 6.07) is 5.40. The van der Waals surface area contributed by atoms with Crippen LogP contribution >= 0.6 is 15.9 Å². The molecular formula is C14H14BrN5O4S. The summed E-state index contributed by atoms with van der Waals surface area (Å²) in [6.45, 7) is 0.376. The van der Waals surface area contributed by atoms with Gasteiger partial charge >= 0.3 is 5.97 Å². The number of carbonyl (C=O) groups excluding carboxylic acids is 1. The van der Waals surface area contributed by atoms with Crippen LogP contribution in [-0.2, 0) is 19.6 Å². The molecule has 0 radical (unpaired) electrons. The van der Waals surface area contributed by atoms with E-state index in [-0.39, 0.29) is 16.8 Å². The highest BCUT2D eigenvalue weighted by Gasteiger charge is 2.27. The normalized spacial score (nSPS) is 17.2. The van der Waals surface area contributed by atoms with Gasteiger partial charge in [0.2, 0.25) is 16.0 Å². The Labute approximate surface area is 152 Å². The topological polar surface area (TPSA) is 136 Å². The number of hydrogen-bond donors (Lipinski definition) is 3. The molecular weight excluding hydrogens is 414 g/mol. The molecule has 0 spiro atoms. The first kappa shape index (κ1) is 17.6. The quantitative estimate of drug-likeness (QED) is 0.608. The van der Waals surface area contributed by atoms with Crippen LogP contribution in [0.1, 0.15) is 6.42 Å². The third-order valence-corrected chi connectivity index (χ3v) is 4.94. The first-order valence-electron chi connectivity index (χ1n) is 7.18. The van der Waals surface area contributed by atoms with Gasteiger partial charge in [-0.25, -0.2) is 23.3 Å². The maximum absolute atomic E-state index is 11.6. The maximum Gasteiger partial charge on any atom is 0.328 e. The molecule has 3 rings (SSSR count). The summed E-state index contributed by atoms with van der Waals surface area (Å²) in [5, 5.41) is 11.0. The van der Waals surface area contributed by atoms with Gasteiger partial charge in [0.1, 0.15) is 11.9 Å². The SMILES string of the molecule is NS(=O)(=O)c1ccc(Nc2ncc(Br)c(NC3CCOC3=O)n2)cc1. The van der Waals surface area contributed by atoms with Gasteiger partial charge < -0.3 is 15.4 Å². The number of halogens is 1. The van der Waals surface area contributed by atoms with Gasteiger partial charge in [0.15, 0.2) is 0 Å². The fraction of sp³-hybridized carbons (Fsp3) is 0.214. The number of primary sulfonamides is 1. The van der Waals surface area contributed by atoms with E-state index in [9.17, 15) is 13.2 Å². The Balaban J connectivity index is 1.76. The zero-order chi connectivity index (χ0) is 18.0. The van der Waals surface area contributed by atoms with Gasteiger partial charge in [0, 0.05) is 18.3 Å². The number of hydrogen-bond acceptors (Lipinski definition) is 8. The molecule has 0 saturated carbocycles. The summed E-state index contributed by atoms with van der Waals surface area (Å²) >= 11 is 3.33. The number of nitrogens with two attached hydrogens (primary N) is 1. The molecule has 2 aromatic rings. The lowest BCUT2D eigenvalue weighted by molar-refractivity contribution is -0.138. The largest absolute Gasteiger partial charge is 0.464 e. The number of nitrogens with one attached hydrogen (secondary N) is 2. The summed E-state index contributed by atoms with van der Waals surface area (Å²) in [5.74, 6) is 0.404. The van der Waals surface area contributed by atoms with E-state index >= 15 is 0 Å². The Morgan fingerprint density at radius 3 is 2.60 bits per heavy atom.